The Hall–Kier alpha value is -1.02. The van der Waals surface area contributed by atoms with Gasteiger partial charge in [0.1, 0.15) is 5.82 Å². The van der Waals surface area contributed by atoms with Crippen LogP contribution in [0, 0.1) is 19.7 Å². The van der Waals surface area contributed by atoms with E-state index in [0.29, 0.717) is 50.2 Å². The summed E-state index contributed by atoms with van der Waals surface area (Å²) < 4.78 is 46.3. The summed E-state index contributed by atoms with van der Waals surface area (Å²) in [4.78, 5) is 0.224. The van der Waals surface area contributed by atoms with Crippen molar-refractivity contribution in [2.45, 2.75) is 44.1 Å². The van der Waals surface area contributed by atoms with Gasteiger partial charge in [0, 0.05) is 19.7 Å². The van der Waals surface area contributed by atoms with Gasteiger partial charge in [0.15, 0.2) is 0 Å². The van der Waals surface area contributed by atoms with E-state index in [9.17, 15) is 12.8 Å². The SMILES string of the molecule is Cc1cc(F)cc(C)c1S(=O)(=O)N1CCC(OCCCN)CC1. The molecule has 1 heterocycles. The number of hydrogen-bond donors (Lipinski definition) is 1. The standard InChI is InChI=1S/C16H25FN2O3S/c1-12-10-14(17)11-13(2)16(12)23(20,21)19-7-4-15(5-8-19)22-9-3-6-18/h10-11,15H,3-9,18H2,1-2H3. The van der Waals surface area contributed by atoms with Crippen molar-refractivity contribution in [3.05, 3.63) is 29.1 Å². The van der Waals surface area contributed by atoms with E-state index in [2.05, 4.69) is 0 Å². The third-order valence-electron chi connectivity index (χ3n) is 4.13. The number of piperidine rings is 1. The first-order valence-corrected chi connectivity index (χ1v) is 9.39. The molecule has 7 heteroatoms. The van der Waals surface area contributed by atoms with Crippen molar-refractivity contribution in [2.24, 2.45) is 5.73 Å². The van der Waals surface area contributed by atoms with E-state index >= 15 is 0 Å². The number of sulfonamides is 1. The van der Waals surface area contributed by atoms with Crippen LogP contribution < -0.4 is 5.73 Å². The predicted molar refractivity (Wildman–Crippen MR) is 87.3 cm³/mol. The van der Waals surface area contributed by atoms with E-state index in [1.807, 2.05) is 0 Å². The normalized spacial score (nSPS) is 17.6. The van der Waals surface area contributed by atoms with Gasteiger partial charge in [0.05, 0.1) is 11.0 Å². The third kappa shape index (κ3) is 4.29. The second-order valence-electron chi connectivity index (χ2n) is 5.99. The van der Waals surface area contributed by atoms with Crippen molar-refractivity contribution in [1.82, 2.24) is 4.31 Å². The molecule has 2 rings (SSSR count). The number of hydrogen-bond acceptors (Lipinski definition) is 4. The lowest BCUT2D eigenvalue weighted by atomic mass is 10.1. The fourth-order valence-electron chi connectivity index (χ4n) is 3.01. The van der Waals surface area contributed by atoms with Crippen molar-refractivity contribution < 1.29 is 17.5 Å². The summed E-state index contributed by atoms with van der Waals surface area (Å²) in [6.07, 6.45) is 2.24. The highest BCUT2D eigenvalue weighted by molar-refractivity contribution is 7.89. The van der Waals surface area contributed by atoms with E-state index in [0.717, 1.165) is 6.42 Å². The molecular formula is C16H25FN2O3S. The molecule has 0 saturated carbocycles. The molecule has 1 fully saturated rings. The average molecular weight is 344 g/mol. The van der Waals surface area contributed by atoms with Gasteiger partial charge in [-0.15, -0.1) is 0 Å². The number of aryl methyl sites for hydroxylation is 2. The van der Waals surface area contributed by atoms with Crippen LogP contribution in [0.5, 0.6) is 0 Å². The van der Waals surface area contributed by atoms with Gasteiger partial charge in [-0.25, -0.2) is 12.8 Å². The van der Waals surface area contributed by atoms with Gasteiger partial charge in [-0.3, -0.25) is 0 Å². The maximum atomic E-state index is 13.4. The van der Waals surface area contributed by atoms with E-state index in [4.69, 9.17) is 10.5 Å². The lowest BCUT2D eigenvalue weighted by molar-refractivity contribution is 0.0209. The molecule has 0 spiro atoms. The summed E-state index contributed by atoms with van der Waals surface area (Å²) in [5.74, 6) is -0.411. The van der Waals surface area contributed by atoms with Gasteiger partial charge in [0.25, 0.3) is 0 Å². The minimum atomic E-state index is -3.60. The molecule has 0 aromatic heterocycles. The van der Waals surface area contributed by atoms with Crippen molar-refractivity contribution in [1.29, 1.82) is 0 Å². The minimum Gasteiger partial charge on any atom is -0.378 e. The van der Waals surface area contributed by atoms with Gasteiger partial charge in [-0.1, -0.05) is 0 Å². The van der Waals surface area contributed by atoms with E-state index in [-0.39, 0.29) is 11.0 Å². The number of benzene rings is 1. The number of halogens is 1. The van der Waals surface area contributed by atoms with E-state index < -0.39 is 15.8 Å². The molecule has 130 valence electrons. The monoisotopic (exact) mass is 344 g/mol. The van der Waals surface area contributed by atoms with Gasteiger partial charge < -0.3 is 10.5 Å². The lowest BCUT2D eigenvalue weighted by Gasteiger charge is -2.32. The average Bonchev–Trinajstić information content (AvgIpc) is 2.46. The zero-order valence-corrected chi connectivity index (χ0v) is 14.5. The van der Waals surface area contributed by atoms with Crippen LogP contribution >= 0.6 is 0 Å². The largest absolute Gasteiger partial charge is 0.378 e. The number of nitrogens with two attached hydrogens (primary N) is 1. The van der Waals surface area contributed by atoms with Crippen LogP contribution in [-0.4, -0.2) is 45.1 Å². The second-order valence-corrected chi connectivity index (χ2v) is 7.86. The van der Waals surface area contributed by atoms with Gasteiger partial charge in [-0.05, 0) is 62.9 Å². The Kier molecular flexibility index (Phi) is 6.13. The molecule has 1 saturated heterocycles. The molecule has 5 nitrogen and oxygen atoms in total. The molecule has 1 aliphatic rings. The molecule has 0 bridgehead atoms. The van der Waals surface area contributed by atoms with Crippen LogP contribution in [0.3, 0.4) is 0 Å². The molecule has 1 aromatic carbocycles. The minimum absolute atomic E-state index is 0.0865. The Morgan fingerprint density at radius 3 is 2.35 bits per heavy atom. The molecule has 0 aliphatic carbocycles. The molecule has 0 unspecified atom stereocenters. The Morgan fingerprint density at radius 1 is 1.26 bits per heavy atom. The quantitative estimate of drug-likeness (QED) is 0.801. The fourth-order valence-corrected chi connectivity index (χ4v) is 4.89. The van der Waals surface area contributed by atoms with Crippen LogP contribution in [0.25, 0.3) is 0 Å². The zero-order valence-electron chi connectivity index (χ0n) is 13.7. The van der Waals surface area contributed by atoms with Crippen LogP contribution in [-0.2, 0) is 14.8 Å². The highest BCUT2D eigenvalue weighted by Gasteiger charge is 2.31. The highest BCUT2D eigenvalue weighted by Crippen LogP contribution is 2.27. The molecule has 23 heavy (non-hydrogen) atoms. The number of nitrogens with zero attached hydrogens (tertiary/aromatic N) is 1. The summed E-state index contributed by atoms with van der Waals surface area (Å²) in [5.41, 5.74) is 6.33. The highest BCUT2D eigenvalue weighted by atomic mass is 32.2. The van der Waals surface area contributed by atoms with E-state index in [1.54, 1.807) is 13.8 Å². The predicted octanol–water partition coefficient (Wildman–Crippen LogP) is 1.96. The first-order valence-electron chi connectivity index (χ1n) is 7.95. The molecule has 1 aliphatic heterocycles. The first-order chi connectivity index (χ1) is 10.9. The Balaban J connectivity index is 2.08. The topological polar surface area (TPSA) is 72.6 Å². The van der Waals surface area contributed by atoms with Crippen molar-refractivity contribution in [2.75, 3.05) is 26.2 Å². The van der Waals surface area contributed by atoms with Crippen molar-refractivity contribution in [3.8, 4) is 0 Å². The zero-order chi connectivity index (χ0) is 17.0. The van der Waals surface area contributed by atoms with Crippen LogP contribution in [0.4, 0.5) is 4.39 Å². The van der Waals surface area contributed by atoms with Gasteiger partial charge in [0.2, 0.25) is 10.0 Å². The summed E-state index contributed by atoms with van der Waals surface area (Å²) in [6, 6.07) is 2.53. The Morgan fingerprint density at radius 2 is 1.83 bits per heavy atom. The summed E-state index contributed by atoms with van der Waals surface area (Å²) in [6.45, 7) is 5.31. The maximum absolute atomic E-state index is 13.4. The fraction of sp³-hybridized carbons (Fsp3) is 0.625. The molecule has 1 aromatic rings. The number of rotatable bonds is 6. The van der Waals surface area contributed by atoms with Gasteiger partial charge in [-0.2, -0.15) is 4.31 Å². The van der Waals surface area contributed by atoms with Crippen molar-refractivity contribution in [3.63, 3.8) is 0 Å². The van der Waals surface area contributed by atoms with Gasteiger partial charge >= 0.3 is 0 Å². The van der Waals surface area contributed by atoms with Crippen molar-refractivity contribution >= 4 is 10.0 Å². The van der Waals surface area contributed by atoms with E-state index in [1.165, 1.54) is 16.4 Å². The first kappa shape index (κ1) is 18.3. The molecule has 0 atom stereocenters. The summed E-state index contributed by atoms with van der Waals surface area (Å²) >= 11 is 0. The lowest BCUT2D eigenvalue weighted by Crippen LogP contribution is -2.41. The number of ether oxygens (including phenoxy) is 1. The van der Waals surface area contributed by atoms with Crippen LogP contribution in [0.2, 0.25) is 0 Å². The maximum Gasteiger partial charge on any atom is 0.243 e. The Bertz CT molecular complexity index is 618. The molecule has 0 radical (unpaired) electrons. The molecule has 2 N–H and O–H groups in total. The molecule has 0 amide bonds. The summed E-state index contributed by atoms with van der Waals surface area (Å²) in [7, 11) is -3.60. The van der Waals surface area contributed by atoms with Crippen LogP contribution in [0.15, 0.2) is 17.0 Å². The Labute approximate surface area is 137 Å². The summed E-state index contributed by atoms with van der Waals surface area (Å²) in [5, 5.41) is 0. The molecular weight excluding hydrogens is 319 g/mol. The van der Waals surface area contributed by atoms with Crippen LogP contribution in [0.1, 0.15) is 30.4 Å². The third-order valence-corrected chi connectivity index (χ3v) is 6.33. The second kappa shape index (κ2) is 7.70. The smallest absolute Gasteiger partial charge is 0.243 e.